The number of benzene rings is 2. The molecule has 0 spiro atoms. The molecule has 0 unspecified atom stereocenters. The average Bonchev–Trinajstić information content (AvgIpc) is 2.92. The number of rotatable bonds is 5. The number of fused-ring (bicyclic) bond motifs is 1. The van der Waals surface area contributed by atoms with Gasteiger partial charge in [-0.1, -0.05) is 12.1 Å². The molecule has 0 bridgehead atoms. The Balaban J connectivity index is 1.82. The van der Waals surface area contributed by atoms with Gasteiger partial charge in [0.05, 0.1) is 18.2 Å². The third-order valence-electron chi connectivity index (χ3n) is 4.33. The van der Waals surface area contributed by atoms with E-state index in [1.165, 1.54) is 51.3 Å². The summed E-state index contributed by atoms with van der Waals surface area (Å²) in [5, 5.41) is 0. The van der Waals surface area contributed by atoms with Crippen molar-refractivity contribution in [2.24, 2.45) is 0 Å². The van der Waals surface area contributed by atoms with Crippen molar-refractivity contribution in [2.75, 3.05) is 7.11 Å². The number of carbonyl (C=O) groups excluding carboxylic acids is 4. The van der Waals surface area contributed by atoms with Gasteiger partial charge in [-0.05, 0) is 44.2 Å². The van der Waals surface area contributed by atoms with Crippen LogP contribution in [0.1, 0.15) is 44.9 Å². The van der Waals surface area contributed by atoms with Gasteiger partial charge in [0.2, 0.25) is 0 Å². The van der Waals surface area contributed by atoms with Gasteiger partial charge in [0.25, 0.3) is 11.8 Å². The lowest BCUT2D eigenvalue weighted by molar-refractivity contribution is -0.138. The topological polar surface area (TPSA) is 90.0 Å². The number of hydrogen-bond donors (Lipinski definition) is 0. The van der Waals surface area contributed by atoms with E-state index >= 15 is 0 Å². The molecule has 2 aromatic carbocycles. The van der Waals surface area contributed by atoms with Crippen LogP contribution in [0, 0.1) is 0 Å². The normalized spacial score (nSPS) is 14.0. The number of imide groups is 1. The number of carbonyl (C=O) groups is 4. The fourth-order valence-electron chi connectivity index (χ4n) is 2.83. The largest absolute Gasteiger partial charge is 0.493 e. The number of esters is 1. The van der Waals surface area contributed by atoms with Crippen molar-refractivity contribution in [1.29, 1.82) is 0 Å². The highest BCUT2D eigenvalue weighted by atomic mass is 16.6. The number of ketones is 1. The monoisotopic (exact) mass is 367 g/mol. The highest BCUT2D eigenvalue weighted by Gasteiger charge is 2.41. The van der Waals surface area contributed by atoms with Crippen molar-refractivity contribution >= 4 is 23.6 Å². The van der Waals surface area contributed by atoms with Crippen molar-refractivity contribution in [1.82, 2.24) is 4.90 Å². The summed E-state index contributed by atoms with van der Waals surface area (Å²) in [6.07, 6.45) is 0. The standard InChI is InChI=1S/C20H17NO6/c1-11(21-18(23)14-6-4-5-7-15(14)19(21)24)20(25)27-16-9-8-13(12(2)22)10-17(16)26-3/h4-11H,1-3H3/t11-/m1/s1. The van der Waals surface area contributed by atoms with E-state index in [2.05, 4.69) is 0 Å². The van der Waals surface area contributed by atoms with Crippen molar-refractivity contribution < 1.29 is 28.7 Å². The molecule has 0 N–H and O–H groups in total. The number of Topliss-reactive ketones (excluding diaryl/α,β-unsaturated/α-hetero) is 1. The molecule has 138 valence electrons. The van der Waals surface area contributed by atoms with E-state index in [1.54, 1.807) is 12.1 Å². The summed E-state index contributed by atoms with van der Waals surface area (Å²) in [5.41, 5.74) is 0.913. The van der Waals surface area contributed by atoms with Crippen LogP contribution in [0.3, 0.4) is 0 Å². The smallest absolute Gasteiger partial charge is 0.334 e. The van der Waals surface area contributed by atoms with E-state index in [1.807, 2.05) is 0 Å². The summed E-state index contributed by atoms with van der Waals surface area (Å²) in [6.45, 7) is 2.82. The predicted molar refractivity (Wildman–Crippen MR) is 95.0 cm³/mol. The first kappa shape index (κ1) is 18.3. The maximum Gasteiger partial charge on any atom is 0.334 e. The minimum Gasteiger partial charge on any atom is -0.493 e. The van der Waals surface area contributed by atoms with E-state index < -0.39 is 23.8 Å². The Morgan fingerprint density at radius 2 is 1.56 bits per heavy atom. The summed E-state index contributed by atoms with van der Waals surface area (Å²) < 4.78 is 10.5. The summed E-state index contributed by atoms with van der Waals surface area (Å²) in [6, 6.07) is 9.64. The van der Waals surface area contributed by atoms with Crippen LogP contribution in [0.5, 0.6) is 11.5 Å². The van der Waals surface area contributed by atoms with Crippen molar-refractivity contribution in [3.05, 3.63) is 59.2 Å². The number of amides is 2. The van der Waals surface area contributed by atoms with Gasteiger partial charge in [-0.3, -0.25) is 19.3 Å². The van der Waals surface area contributed by atoms with Crippen molar-refractivity contribution in [3.8, 4) is 11.5 Å². The first-order chi connectivity index (χ1) is 12.8. The Morgan fingerprint density at radius 3 is 2.07 bits per heavy atom. The van der Waals surface area contributed by atoms with Crippen LogP contribution in [0.15, 0.2) is 42.5 Å². The third-order valence-corrected chi connectivity index (χ3v) is 4.33. The number of hydrogen-bond acceptors (Lipinski definition) is 6. The molecule has 1 atom stereocenters. The zero-order valence-corrected chi connectivity index (χ0v) is 15.0. The van der Waals surface area contributed by atoms with E-state index in [0.717, 1.165) is 4.90 Å². The van der Waals surface area contributed by atoms with Gasteiger partial charge in [0.15, 0.2) is 17.3 Å². The SMILES string of the molecule is COc1cc(C(C)=O)ccc1OC(=O)[C@@H](C)N1C(=O)c2ccccc2C1=O. The molecule has 0 aromatic heterocycles. The van der Waals surface area contributed by atoms with E-state index in [-0.39, 0.29) is 28.4 Å². The molecule has 0 saturated heterocycles. The second-order valence-electron chi connectivity index (χ2n) is 6.04. The zero-order chi connectivity index (χ0) is 19.7. The lowest BCUT2D eigenvalue weighted by Gasteiger charge is -2.21. The number of ether oxygens (including phenoxy) is 2. The summed E-state index contributed by atoms with van der Waals surface area (Å²) >= 11 is 0. The first-order valence-corrected chi connectivity index (χ1v) is 8.22. The van der Waals surface area contributed by atoms with Gasteiger partial charge >= 0.3 is 5.97 Å². The predicted octanol–water partition coefficient (Wildman–Crippen LogP) is 2.49. The van der Waals surface area contributed by atoms with Gasteiger partial charge in [0, 0.05) is 5.56 Å². The van der Waals surface area contributed by atoms with Gasteiger partial charge in [-0.15, -0.1) is 0 Å². The molecule has 3 rings (SSSR count). The van der Waals surface area contributed by atoms with Crippen LogP contribution < -0.4 is 9.47 Å². The van der Waals surface area contributed by atoms with E-state index in [9.17, 15) is 19.2 Å². The highest BCUT2D eigenvalue weighted by Crippen LogP contribution is 2.30. The van der Waals surface area contributed by atoms with Crippen LogP contribution in [0.25, 0.3) is 0 Å². The third kappa shape index (κ3) is 3.19. The molecule has 0 fully saturated rings. The summed E-state index contributed by atoms with van der Waals surface area (Å²) in [4.78, 5) is 49.8. The second-order valence-corrected chi connectivity index (χ2v) is 6.04. The Hall–Kier alpha value is -3.48. The molecule has 0 aliphatic carbocycles. The van der Waals surface area contributed by atoms with Gasteiger partial charge in [0.1, 0.15) is 6.04 Å². The van der Waals surface area contributed by atoms with E-state index in [4.69, 9.17) is 9.47 Å². The molecule has 2 amide bonds. The molecule has 2 aromatic rings. The lowest BCUT2D eigenvalue weighted by Crippen LogP contribution is -2.44. The Bertz CT molecular complexity index is 930. The minimum atomic E-state index is -1.13. The fraction of sp³-hybridized carbons (Fsp3) is 0.200. The molecule has 0 saturated carbocycles. The molecule has 27 heavy (non-hydrogen) atoms. The van der Waals surface area contributed by atoms with Gasteiger partial charge < -0.3 is 9.47 Å². The maximum atomic E-state index is 12.5. The molecule has 1 aliphatic heterocycles. The maximum absolute atomic E-state index is 12.5. The molecule has 1 heterocycles. The number of nitrogens with zero attached hydrogens (tertiary/aromatic N) is 1. The molecule has 0 radical (unpaired) electrons. The summed E-state index contributed by atoms with van der Waals surface area (Å²) in [5.74, 6) is -1.75. The number of methoxy groups -OCH3 is 1. The molecular weight excluding hydrogens is 350 g/mol. The quantitative estimate of drug-likeness (QED) is 0.349. The van der Waals surface area contributed by atoms with Crippen molar-refractivity contribution in [3.63, 3.8) is 0 Å². The van der Waals surface area contributed by atoms with Crippen LogP contribution in [-0.4, -0.2) is 41.6 Å². The lowest BCUT2D eigenvalue weighted by atomic mass is 10.1. The minimum absolute atomic E-state index is 0.0935. The summed E-state index contributed by atoms with van der Waals surface area (Å²) in [7, 11) is 1.38. The van der Waals surface area contributed by atoms with Crippen LogP contribution in [-0.2, 0) is 4.79 Å². The van der Waals surface area contributed by atoms with Crippen LogP contribution in [0.2, 0.25) is 0 Å². The van der Waals surface area contributed by atoms with Gasteiger partial charge in [-0.25, -0.2) is 4.79 Å². The molecule has 7 nitrogen and oxygen atoms in total. The Morgan fingerprint density at radius 1 is 0.963 bits per heavy atom. The van der Waals surface area contributed by atoms with Crippen LogP contribution >= 0.6 is 0 Å². The molecule has 1 aliphatic rings. The average molecular weight is 367 g/mol. The second kappa shape index (κ2) is 7.03. The Kier molecular flexibility index (Phi) is 4.77. The van der Waals surface area contributed by atoms with E-state index in [0.29, 0.717) is 5.56 Å². The highest BCUT2D eigenvalue weighted by molar-refractivity contribution is 6.22. The molecular formula is C20H17NO6. The van der Waals surface area contributed by atoms with Crippen molar-refractivity contribution in [2.45, 2.75) is 19.9 Å². The fourth-order valence-corrected chi connectivity index (χ4v) is 2.83. The molecule has 7 heteroatoms. The van der Waals surface area contributed by atoms with Gasteiger partial charge in [-0.2, -0.15) is 0 Å². The van der Waals surface area contributed by atoms with Crippen LogP contribution in [0.4, 0.5) is 0 Å². The zero-order valence-electron chi connectivity index (χ0n) is 15.0. The first-order valence-electron chi connectivity index (χ1n) is 8.22. The Labute approximate surface area is 155 Å².